The number of benzene rings is 1. The van der Waals surface area contributed by atoms with Crippen LogP contribution >= 0.6 is 0 Å². The Morgan fingerprint density at radius 2 is 1.96 bits per heavy atom. The lowest BCUT2D eigenvalue weighted by molar-refractivity contribution is -0.125. The number of hydrogen-bond acceptors (Lipinski definition) is 6. The summed E-state index contributed by atoms with van der Waals surface area (Å²) in [6.07, 6.45) is 1.43. The van der Waals surface area contributed by atoms with Gasteiger partial charge in [0.1, 0.15) is 5.54 Å². The number of rotatable bonds is 7. The zero-order valence-electron chi connectivity index (χ0n) is 15.9. The van der Waals surface area contributed by atoms with Crippen molar-refractivity contribution >= 4 is 23.7 Å². The van der Waals surface area contributed by atoms with E-state index in [0.29, 0.717) is 0 Å². The first-order valence-corrected chi connectivity index (χ1v) is 8.65. The highest BCUT2D eigenvalue weighted by Crippen LogP contribution is 2.24. The molecule has 28 heavy (non-hydrogen) atoms. The molecule has 1 N–H and O–H groups in total. The summed E-state index contributed by atoms with van der Waals surface area (Å²) in [4.78, 5) is 49.7. The van der Waals surface area contributed by atoms with Crippen molar-refractivity contribution < 1.29 is 23.9 Å². The summed E-state index contributed by atoms with van der Waals surface area (Å²) < 4.78 is 4.97. The molecule has 0 bridgehead atoms. The summed E-state index contributed by atoms with van der Waals surface area (Å²) in [7, 11) is 0. The lowest BCUT2D eigenvalue weighted by atomic mass is 9.90. The van der Waals surface area contributed by atoms with Gasteiger partial charge in [-0.05, 0) is 31.0 Å². The first-order valence-electron chi connectivity index (χ1n) is 8.65. The Morgan fingerprint density at radius 3 is 2.54 bits per heavy atom. The van der Waals surface area contributed by atoms with Crippen LogP contribution in [0.4, 0.5) is 0 Å². The van der Waals surface area contributed by atoms with Gasteiger partial charge in [-0.25, -0.2) is 4.79 Å². The van der Waals surface area contributed by atoms with Crippen LogP contribution in [0.25, 0.3) is 0 Å². The summed E-state index contributed by atoms with van der Waals surface area (Å²) >= 11 is 0. The molecule has 1 aliphatic rings. The lowest BCUT2D eigenvalue weighted by Crippen LogP contribution is -2.50. The van der Waals surface area contributed by atoms with E-state index in [9.17, 15) is 24.4 Å². The number of nitrogens with one attached hydrogen (secondary N) is 1. The fourth-order valence-corrected chi connectivity index (χ4v) is 2.55. The van der Waals surface area contributed by atoms with Crippen LogP contribution in [0.1, 0.15) is 51.8 Å². The fourth-order valence-electron chi connectivity index (χ4n) is 2.55. The Labute approximate surface area is 162 Å². The van der Waals surface area contributed by atoms with Crippen LogP contribution in [-0.2, 0) is 9.53 Å². The van der Waals surface area contributed by atoms with E-state index in [1.807, 2.05) is 6.07 Å². The van der Waals surface area contributed by atoms with Crippen LogP contribution in [0.15, 0.2) is 30.9 Å². The molecule has 146 valence electrons. The minimum Gasteiger partial charge on any atom is -0.452 e. The molecule has 8 heteroatoms. The molecule has 0 unspecified atom stereocenters. The van der Waals surface area contributed by atoms with Crippen molar-refractivity contribution in [3.63, 3.8) is 0 Å². The number of nitrogens with zero attached hydrogens (tertiary/aromatic N) is 2. The molecule has 0 saturated carbocycles. The second-order valence-corrected chi connectivity index (χ2v) is 6.86. The Kier molecular flexibility index (Phi) is 5.99. The highest BCUT2D eigenvalue weighted by atomic mass is 16.5. The van der Waals surface area contributed by atoms with E-state index in [-0.39, 0.29) is 29.2 Å². The van der Waals surface area contributed by atoms with Gasteiger partial charge in [-0.1, -0.05) is 19.9 Å². The zero-order chi connectivity index (χ0) is 21.1. The number of hydrogen-bond donors (Lipinski definition) is 1. The smallest absolute Gasteiger partial charge is 0.338 e. The molecule has 0 saturated heterocycles. The van der Waals surface area contributed by atoms with Crippen molar-refractivity contribution in [1.29, 1.82) is 5.26 Å². The molecule has 1 aromatic rings. The minimum atomic E-state index is -1.08. The highest BCUT2D eigenvalue weighted by Gasteiger charge is 2.35. The molecule has 0 spiro atoms. The number of carbonyl (C=O) groups excluding carboxylic acids is 4. The Hall–Kier alpha value is -3.47. The van der Waals surface area contributed by atoms with Gasteiger partial charge in [0, 0.05) is 6.54 Å². The molecule has 1 heterocycles. The van der Waals surface area contributed by atoms with Gasteiger partial charge in [0.15, 0.2) is 6.61 Å². The molecule has 2 rings (SSSR count). The summed E-state index contributed by atoms with van der Waals surface area (Å²) in [5.41, 5.74) is -0.746. The van der Waals surface area contributed by atoms with Gasteiger partial charge in [0.05, 0.1) is 22.8 Å². The fraction of sp³-hybridized carbons (Fsp3) is 0.350. The lowest BCUT2D eigenvalue weighted by Gasteiger charge is -2.27. The summed E-state index contributed by atoms with van der Waals surface area (Å²) in [6.45, 7) is 8.15. The molecule has 0 aliphatic carbocycles. The average Bonchev–Trinajstić information content (AvgIpc) is 2.90. The van der Waals surface area contributed by atoms with Crippen molar-refractivity contribution in [3.05, 3.63) is 47.5 Å². The van der Waals surface area contributed by atoms with E-state index >= 15 is 0 Å². The summed E-state index contributed by atoms with van der Waals surface area (Å²) in [6, 6.07) is 6.03. The van der Waals surface area contributed by atoms with Crippen molar-refractivity contribution in [2.45, 2.75) is 26.3 Å². The van der Waals surface area contributed by atoms with Crippen molar-refractivity contribution in [2.24, 2.45) is 5.92 Å². The van der Waals surface area contributed by atoms with Crippen LogP contribution in [0.2, 0.25) is 0 Å². The monoisotopic (exact) mass is 383 g/mol. The number of ether oxygens (including phenoxy) is 1. The minimum absolute atomic E-state index is 0.0417. The van der Waals surface area contributed by atoms with E-state index in [1.165, 1.54) is 24.3 Å². The Morgan fingerprint density at radius 1 is 1.32 bits per heavy atom. The van der Waals surface area contributed by atoms with E-state index in [1.54, 1.807) is 20.8 Å². The number of esters is 1. The molecule has 0 radical (unpaired) electrons. The van der Waals surface area contributed by atoms with E-state index < -0.39 is 35.8 Å². The quantitative estimate of drug-likeness (QED) is 0.435. The van der Waals surface area contributed by atoms with Gasteiger partial charge in [-0.3, -0.25) is 19.3 Å². The third kappa shape index (κ3) is 3.93. The largest absolute Gasteiger partial charge is 0.452 e. The number of imide groups is 1. The normalized spacial score (nSPS) is 14.9. The predicted octanol–water partition coefficient (Wildman–Crippen LogP) is 1.68. The highest BCUT2D eigenvalue weighted by molar-refractivity contribution is 6.22. The topological polar surface area (TPSA) is 117 Å². The summed E-state index contributed by atoms with van der Waals surface area (Å²) in [5, 5.41) is 11.7. The molecule has 3 amide bonds. The number of nitriles is 1. The molecule has 0 aromatic heterocycles. The molecule has 1 aliphatic heterocycles. The van der Waals surface area contributed by atoms with Crippen molar-refractivity contribution in [1.82, 2.24) is 10.2 Å². The molecule has 8 nitrogen and oxygen atoms in total. The van der Waals surface area contributed by atoms with E-state index in [4.69, 9.17) is 4.74 Å². The average molecular weight is 383 g/mol. The van der Waals surface area contributed by atoms with E-state index in [0.717, 1.165) is 4.90 Å². The maximum Gasteiger partial charge on any atom is 0.338 e. The second-order valence-electron chi connectivity index (χ2n) is 6.86. The molecule has 1 aromatic carbocycles. The molecule has 1 atom stereocenters. The molecular weight excluding hydrogens is 362 g/mol. The van der Waals surface area contributed by atoms with Gasteiger partial charge in [0.25, 0.3) is 17.7 Å². The summed E-state index contributed by atoms with van der Waals surface area (Å²) in [5.74, 6) is -2.55. The number of carbonyl (C=O) groups is 4. The standard InChI is InChI=1S/C20H21N3O5/c1-5-8-23-17(25)14-7-6-13(9-15(14)18(23)26)19(27)28-10-16(24)22-20(4,11-21)12(2)3/h5-7,9,12H,1,8,10H2,2-4H3,(H,22,24)/t20-/m0/s1. The SMILES string of the molecule is C=CCN1C(=O)c2ccc(C(=O)OCC(=O)N[C@@](C)(C#N)C(C)C)cc2C1=O. The third-order valence-electron chi connectivity index (χ3n) is 4.64. The van der Waals surface area contributed by atoms with Gasteiger partial charge in [0.2, 0.25) is 0 Å². The Balaban J connectivity index is 2.07. The second kappa shape index (κ2) is 8.05. The van der Waals surface area contributed by atoms with Crippen LogP contribution in [0, 0.1) is 17.2 Å². The maximum atomic E-state index is 12.3. The zero-order valence-corrected chi connectivity index (χ0v) is 15.9. The maximum absolute atomic E-state index is 12.3. The van der Waals surface area contributed by atoms with Gasteiger partial charge >= 0.3 is 5.97 Å². The van der Waals surface area contributed by atoms with Crippen LogP contribution in [0.5, 0.6) is 0 Å². The van der Waals surface area contributed by atoms with Gasteiger partial charge < -0.3 is 10.1 Å². The predicted molar refractivity (Wildman–Crippen MR) is 99.3 cm³/mol. The first kappa shape index (κ1) is 20.8. The number of amides is 3. The van der Waals surface area contributed by atoms with Gasteiger partial charge in [-0.15, -0.1) is 6.58 Å². The van der Waals surface area contributed by atoms with Gasteiger partial charge in [-0.2, -0.15) is 5.26 Å². The number of fused-ring (bicyclic) bond motifs is 1. The molecular formula is C20H21N3O5. The van der Waals surface area contributed by atoms with Crippen molar-refractivity contribution in [3.8, 4) is 6.07 Å². The van der Waals surface area contributed by atoms with Crippen LogP contribution < -0.4 is 5.32 Å². The van der Waals surface area contributed by atoms with Crippen LogP contribution in [0.3, 0.4) is 0 Å². The first-order chi connectivity index (χ1) is 13.1. The van der Waals surface area contributed by atoms with E-state index in [2.05, 4.69) is 11.9 Å². The third-order valence-corrected chi connectivity index (χ3v) is 4.64. The molecule has 0 fully saturated rings. The van der Waals surface area contributed by atoms with Crippen LogP contribution in [-0.4, -0.2) is 47.3 Å². The Bertz CT molecular complexity index is 900. The van der Waals surface area contributed by atoms with Crippen molar-refractivity contribution in [2.75, 3.05) is 13.2 Å².